The summed E-state index contributed by atoms with van der Waals surface area (Å²) >= 11 is 0. The van der Waals surface area contributed by atoms with E-state index in [9.17, 15) is 9.59 Å². The fourth-order valence-electron chi connectivity index (χ4n) is 2.52. The van der Waals surface area contributed by atoms with Gasteiger partial charge in [0.15, 0.2) is 0 Å². The van der Waals surface area contributed by atoms with Crippen LogP contribution in [-0.4, -0.2) is 25.1 Å². The molecule has 0 spiro atoms. The molecule has 1 aromatic heterocycles. The highest BCUT2D eigenvalue weighted by molar-refractivity contribution is 6.04. The van der Waals surface area contributed by atoms with Gasteiger partial charge in [0, 0.05) is 29.6 Å². The number of hydrogen-bond donors (Lipinski definition) is 2. The molecule has 6 heteroatoms. The number of rotatable bonds is 5. The van der Waals surface area contributed by atoms with E-state index in [0.29, 0.717) is 22.9 Å². The molecule has 1 amide bonds. The highest BCUT2D eigenvalue weighted by atomic mass is 16.5. The lowest BCUT2D eigenvalue weighted by Gasteiger charge is -2.10. The minimum atomic E-state index is -0.513. The van der Waals surface area contributed by atoms with Crippen LogP contribution in [0.4, 0.5) is 5.69 Å². The number of H-pyrrole nitrogens is 1. The maximum Gasteiger partial charge on any atom is 0.261 e. The number of aromatic nitrogens is 1. The normalized spacial score (nSPS) is 10.2. The molecule has 3 rings (SSSR count). The number of pyridine rings is 1. The predicted octanol–water partition coefficient (Wildman–Crippen LogP) is 3.31. The Morgan fingerprint density at radius 3 is 2.15 bits per heavy atom. The van der Waals surface area contributed by atoms with Crippen molar-refractivity contribution in [3.63, 3.8) is 0 Å². The largest absolute Gasteiger partial charge is 0.497 e. The summed E-state index contributed by atoms with van der Waals surface area (Å²) in [6.45, 7) is 0. The number of aromatic amines is 1. The summed E-state index contributed by atoms with van der Waals surface area (Å²) in [6, 6.07) is 17.6. The summed E-state index contributed by atoms with van der Waals surface area (Å²) < 4.78 is 10.3. The molecule has 2 aromatic carbocycles. The monoisotopic (exact) mass is 350 g/mol. The number of benzene rings is 2. The van der Waals surface area contributed by atoms with E-state index in [2.05, 4.69) is 10.3 Å². The Morgan fingerprint density at radius 1 is 0.923 bits per heavy atom. The molecule has 6 nitrogen and oxygen atoms in total. The van der Waals surface area contributed by atoms with E-state index in [-0.39, 0.29) is 5.56 Å². The van der Waals surface area contributed by atoms with E-state index in [4.69, 9.17) is 9.47 Å². The predicted molar refractivity (Wildman–Crippen MR) is 100.0 cm³/mol. The van der Waals surface area contributed by atoms with Crippen LogP contribution in [0.5, 0.6) is 11.5 Å². The van der Waals surface area contributed by atoms with E-state index in [1.165, 1.54) is 20.3 Å². The maximum atomic E-state index is 12.5. The summed E-state index contributed by atoms with van der Waals surface area (Å²) in [7, 11) is 3.04. The second-order valence-corrected chi connectivity index (χ2v) is 5.54. The van der Waals surface area contributed by atoms with E-state index in [1.54, 1.807) is 24.3 Å². The topological polar surface area (TPSA) is 80.4 Å². The SMILES string of the molecule is COc1cc(NC(=O)c2ccc(-c3ccccc3)[nH]c2=O)cc(OC)c1. The summed E-state index contributed by atoms with van der Waals surface area (Å²) in [5, 5.41) is 2.69. The molecule has 2 N–H and O–H groups in total. The van der Waals surface area contributed by atoms with Gasteiger partial charge in [0.25, 0.3) is 11.5 Å². The van der Waals surface area contributed by atoms with Crippen molar-refractivity contribution >= 4 is 11.6 Å². The zero-order chi connectivity index (χ0) is 18.5. The Labute approximate surface area is 150 Å². The molecule has 0 fully saturated rings. The number of amides is 1. The van der Waals surface area contributed by atoms with E-state index >= 15 is 0 Å². The average molecular weight is 350 g/mol. The van der Waals surface area contributed by atoms with Crippen molar-refractivity contribution in [3.05, 3.63) is 76.6 Å². The highest BCUT2D eigenvalue weighted by Crippen LogP contribution is 2.26. The van der Waals surface area contributed by atoms with Crippen LogP contribution in [0.25, 0.3) is 11.3 Å². The van der Waals surface area contributed by atoms with Crippen LogP contribution in [0, 0.1) is 0 Å². The summed E-state index contributed by atoms with van der Waals surface area (Å²) in [6.07, 6.45) is 0. The third-order valence-corrected chi connectivity index (χ3v) is 3.85. The van der Waals surface area contributed by atoms with E-state index in [1.807, 2.05) is 30.3 Å². The van der Waals surface area contributed by atoms with Crippen LogP contribution < -0.4 is 20.3 Å². The minimum absolute atomic E-state index is 0.0199. The fraction of sp³-hybridized carbons (Fsp3) is 0.100. The molecule has 0 bridgehead atoms. The molecule has 0 saturated carbocycles. The van der Waals surface area contributed by atoms with Gasteiger partial charge in [-0.25, -0.2) is 0 Å². The third-order valence-electron chi connectivity index (χ3n) is 3.85. The molecule has 1 heterocycles. The molecule has 26 heavy (non-hydrogen) atoms. The van der Waals surface area contributed by atoms with Crippen LogP contribution in [0.3, 0.4) is 0 Å². The van der Waals surface area contributed by atoms with Crippen LogP contribution in [0.15, 0.2) is 65.5 Å². The Balaban J connectivity index is 1.86. The lowest BCUT2D eigenvalue weighted by atomic mass is 10.1. The number of carbonyl (C=O) groups excluding carboxylic acids is 1. The minimum Gasteiger partial charge on any atom is -0.497 e. The van der Waals surface area contributed by atoms with Gasteiger partial charge in [-0.1, -0.05) is 30.3 Å². The van der Waals surface area contributed by atoms with Crippen molar-refractivity contribution < 1.29 is 14.3 Å². The van der Waals surface area contributed by atoms with Crippen LogP contribution in [0.2, 0.25) is 0 Å². The zero-order valence-electron chi connectivity index (χ0n) is 14.4. The molecule has 0 aliphatic rings. The molecule has 0 aliphatic carbocycles. The van der Waals surface area contributed by atoms with Crippen molar-refractivity contribution in [1.82, 2.24) is 4.98 Å². The first kappa shape index (κ1) is 17.3. The third kappa shape index (κ3) is 3.75. The van der Waals surface area contributed by atoms with Crippen molar-refractivity contribution in [2.45, 2.75) is 0 Å². The Kier molecular flexibility index (Phi) is 5.03. The van der Waals surface area contributed by atoms with Gasteiger partial charge in [-0.2, -0.15) is 0 Å². The van der Waals surface area contributed by atoms with Gasteiger partial charge in [0.2, 0.25) is 0 Å². The first-order chi connectivity index (χ1) is 12.6. The van der Waals surface area contributed by atoms with Crippen molar-refractivity contribution in [2.24, 2.45) is 0 Å². The zero-order valence-corrected chi connectivity index (χ0v) is 14.4. The molecule has 0 atom stereocenters. The van der Waals surface area contributed by atoms with Gasteiger partial charge in [-0.05, 0) is 17.7 Å². The Hall–Kier alpha value is -3.54. The van der Waals surface area contributed by atoms with Gasteiger partial charge in [0.1, 0.15) is 17.1 Å². The number of methoxy groups -OCH3 is 2. The molecule has 0 radical (unpaired) electrons. The summed E-state index contributed by atoms with van der Waals surface area (Å²) in [5.41, 5.74) is 1.55. The Bertz CT molecular complexity index is 958. The van der Waals surface area contributed by atoms with Gasteiger partial charge < -0.3 is 19.8 Å². The lowest BCUT2D eigenvalue weighted by Crippen LogP contribution is -2.23. The molecular weight excluding hydrogens is 332 g/mol. The first-order valence-corrected chi connectivity index (χ1v) is 7.94. The molecule has 132 valence electrons. The van der Waals surface area contributed by atoms with Crippen molar-refractivity contribution in [3.8, 4) is 22.8 Å². The van der Waals surface area contributed by atoms with Gasteiger partial charge in [0.05, 0.1) is 14.2 Å². The molecule has 0 unspecified atom stereocenters. The quantitative estimate of drug-likeness (QED) is 0.740. The summed E-state index contributed by atoms with van der Waals surface area (Å²) in [5.74, 6) is 0.558. The van der Waals surface area contributed by atoms with Crippen LogP contribution in [0.1, 0.15) is 10.4 Å². The molecule has 3 aromatic rings. The second kappa shape index (κ2) is 7.57. The Morgan fingerprint density at radius 2 is 1.58 bits per heavy atom. The molecular formula is C20H18N2O4. The van der Waals surface area contributed by atoms with Gasteiger partial charge in [-0.15, -0.1) is 0 Å². The smallest absolute Gasteiger partial charge is 0.261 e. The van der Waals surface area contributed by atoms with Crippen molar-refractivity contribution in [2.75, 3.05) is 19.5 Å². The lowest BCUT2D eigenvalue weighted by molar-refractivity contribution is 0.102. The van der Waals surface area contributed by atoms with E-state index < -0.39 is 11.5 Å². The standard InChI is InChI=1S/C20H18N2O4/c1-25-15-10-14(11-16(12-15)26-2)21-19(23)17-8-9-18(22-20(17)24)13-6-4-3-5-7-13/h3-12H,1-2H3,(H,21,23)(H,22,24). The van der Waals surface area contributed by atoms with Crippen molar-refractivity contribution in [1.29, 1.82) is 0 Å². The number of ether oxygens (including phenoxy) is 2. The highest BCUT2D eigenvalue weighted by Gasteiger charge is 2.13. The fourth-order valence-corrected chi connectivity index (χ4v) is 2.52. The number of anilines is 1. The van der Waals surface area contributed by atoms with Gasteiger partial charge >= 0.3 is 0 Å². The maximum absolute atomic E-state index is 12.5. The number of carbonyl (C=O) groups is 1. The van der Waals surface area contributed by atoms with Crippen LogP contribution in [-0.2, 0) is 0 Å². The summed E-state index contributed by atoms with van der Waals surface area (Å²) in [4.78, 5) is 27.5. The molecule has 0 aliphatic heterocycles. The molecule has 0 saturated heterocycles. The number of hydrogen-bond acceptors (Lipinski definition) is 4. The van der Waals surface area contributed by atoms with Gasteiger partial charge in [-0.3, -0.25) is 9.59 Å². The second-order valence-electron chi connectivity index (χ2n) is 5.54. The van der Waals surface area contributed by atoms with E-state index in [0.717, 1.165) is 5.56 Å². The average Bonchev–Trinajstić information content (AvgIpc) is 2.68. The number of nitrogens with one attached hydrogen (secondary N) is 2. The van der Waals surface area contributed by atoms with Crippen LogP contribution >= 0.6 is 0 Å². The first-order valence-electron chi connectivity index (χ1n) is 7.94.